The fourth-order valence-corrected chi connectivity index (χ4v) is 3.14. The number of nitrogens with two attached hydrogens (primary N) is 2. The van der Waals surface area contributed by atoms with E-state index in [-0.39, 0.29) is 18.2 Å². The molecule has 1 aromatic carbocycles. The summed E-state index contributed by atoms with van der Waals surface area (Å²) in [6, 6.07) is 5.55. The highest BCUT2D eigenvalue weighted by Gasteiger charge is 2.19. The van der Waals surface area contributed by atoms with Crippen molar-refractivity contribution in [3.05, 3.63) is 29.8 Å². The highest BCUT2D eigenvalue weighted by Crippen LogP contribution is 2.09. The molecule has 0 radical (unpaired) electrons. The first kappa shape index (κ1) is 27.9. The Labute approximate surface area is 194 Å². The van der Waals surface area contributed by atoms with Gasteiger partial charge in [0.15, 0.2) is 0 Å². The molecule has 11 nitrogen and oxygen atoms in total. The molecule has 0 saturated carbocycles. The van der Waals surface area contributed by atoms with Crippen molar-refractivity contribution in [3.63, 3.8) is 0 Å². The van der Waals surface area contributed by atoms with Gasteiger partial charge in [0.1, 0.15) is 12.1 Å². The molecule has 2 atom stereocenters. The molecule has 3 amide bonds. The minimum atomic E-state index is -0.975. The normalized spacial score (nSPS) is 12.4. The number of benzene rings is 1. The SMILES string of the molecule is CN[C@@H](CCCC(=O)N[C@@H](CCCCNC(=O)c1ccc(NCCN)cc1)C(N)=O)C(=O)O. The highest BCUT2D eigenvalue weighted by atomic mass is 16.4. The second-order valence-electron chi connectivity index (χ2n) is 7.64. The van der Waals surface area contributed by atoms with E-state index in [1.54, 1.807) is 19.2 Å². The van der Waals surface area contributed by atoms with Crippen LogP contribution in [0.2, 0.25) is 0 Å². The largest absolute Gasteiger partial charge is 0.480 e. The predicted molar refractivity (Wildman–Crippen MR) is 126 cm³/mol. The Morgan fingerprint density at radius 2 is 1.64 bits per heavy atom. The van der Waals surface area contributed by atoms with Gasteiger partial charge in [0.25, 0.3) is 5.91 Å². The number of carboxylic acid groups (broad SMARTS) is 1. The molecule has 0 aliphatic carbocycles. The standard InChI is InChI=1S/C22H36N6O5/c1-25-18(22(32)33)6-4-7-19(29)28-17(20(24)30)5-2-3-13-27-21(31)15-8-10-16(11-9-15)26-14-12-23/h8-11,17-18,25-26H,2-7,12-14,23H2,1H3,(H2,24,30)(H,27,31)(H,28,29)(H,32,33)/t17-,18-/m0/s1. The van der Waals surface area contributed by atoms with Crippen molar-refractivity contribution >= 4 is 29.4 Å². The van der Waals surface area contributed by atoms with Gasteiger partial charge in [-0.2, -0.15) is 0 Å². The molecule has 0 spiro atoms. The molecule has 0 bridgehead atoms. The Morgan fingerprint density at radius 3 is 2.21 bits per heavy atom. The zero-order valence-corrected chi connectivity index (χ0v) is 19.1. The fraction of sp³-hybridized carbons (Fsp3) is 0.545. The van der Waals surface area contributed by atoms with E-state index in [1.165, 1.54) is 0 Å². The van der Waals surface area contributed by atoms with Crippen LogP contribution in [0.3, 0.4) is 0 Å². The number of anilines is 1. The molecule has 33 heavy (non-hydrogen) atoms. The quantitative estimate of drug-likeness (QED) is 0.154. The molecule has 0 saturated heterocycles. The van der Waals surface area contributed by atoms with Crippen LogP contribution in [0.4, 0.5) is 5.69 Å². The van der Waals surface area contributed by atoms with Crippen molar-refractivity contribution in [2.24, 2.45) is 11.5 Å². The van der Waals surface area contributed by atoms with Crippen LogP contribution in [-0.2, 0) is 14.4 Å². The highest BCUT2D eigenvalue weighted by molar-refractivity contribution is 5.94. The Balaban J connectivity index is 2.30. The number of carboxylic acids is 1. The number of primary amides is 1. The zero-order valence-electron chi connectivity index (χ0n) is 19.1. The molecular formula is C22H36N6O5. The summed E-state index contributed by atoms with van der Waals surface area (Å²) in [5, 5.41) is 20.2. The maximum atomic E-state index is 12.2. The number of carbonyl (C=O) groups is 4. The number of rotatable bonds is 17. The molecule has 11 heteroatoms. The molecule has 0 fully saturated rings. The summed E-state index contributed by atoms with van der Waals surface area (Å²) < 4.78 is 0. The van der Waals surface area contributed by atoms with E-state index in [4.69, 9.17) is 16.6 Å². The molecule has 0 heterocycles. The molecule has 0 aliphatic rings. The molecule has 0 aromatic heterocycles. The van der Waals surface area contributed by atoms with E-state index < -0.39 is 24.0 Å². The lowest BCUT2D eigenvalue weighted by Gasteiger charge is -2.16. The summed E-state index contributed by atoms with van der Waals surface area (Å²) in [7, 11) is 1.54. The summed E-state index contributed by atoms with van der Waals surface area (Å²) in [6.45, 7) is 1.60. The maximum absolute atomic E-state index is 12.2. The fourth-order valence-electron chi connectivity index (χ4n) is 3.14. The van der Waals surface area contributed by atoms with E-state index >= 15 is 0 Å². The first-order valence-electron chi connectivity index (χ1n) is 11.1. The van der Waals surface area contributed by atoms with E-state index in [9.17, 15) is 19.2 Å². The molecule has 1 rings (SSSR count). The van der Waals surface area contributed by atoms with Crippen LogP contribution in [0.1, 0.15) is 48.9 Å². The third-order valence-corrected chi connectivity index (χ3v) is 5.05. The van der Waals surface area contributed by atoms with Gasteiger partial charge in [-0.3, -0.25) is 19.2 Å². The molecule has 9 N–H and O–H groups in total. The predicted octanol–water partition coefficient (Wildman–Crippen LogP) is -0.230. The third kappa shape index (κ3) is 11.3. The Kier molecular flexibility index (Phi) is 13.2. The van der Waals surface area contributed by atoms with Crippen molar-refractivity contribution in [1.29, 1.82) is 0 Å². The number of amides is 3. The van der Waals surface area contributed by atoms with E-state index in [2.05, 4.69) is 21.3 Å². The summed E-state index contributed by atoms with van der Waals surface area (Å²) in [6.07, 6.45) is 2.32. The van der Waals surface area contributed by atoms with Gasteiger partial charge in [-0.25, -0.2) is 0 Å². The van der Waals surface area contributed by atoms with Gasteiger partial charge >= 0.3 is 5.97 Å². The molecule has 1 aromatic rings. The lowest BCUT2D eigenvalue weighted by atomic mass is 10.1. The maximum Gasteiger partial charge on any atom is 0.320 e. The van der Waals surface area contributed by atoms with E-state index in [1.807, 2.05) is 12.1 Å². The molecule has 184 valence electrons. The lowest BCUT2D eigenvalue weighted by molar-refractivity contribution is -0.139. The number of nitrogens with one attached hydrogen (secondary N) is 4. The minimum Gasteiger partial charge on any atom is -0.480 e. The topological polar surface area (TPSA) is 189 Å². The van der Waals surface area contributed by atoms with Crippen molar-refractivity contribution in [3.8, 4) is 0 Å². The second kappa shape index (κ2) is 15.6. The van der Waals surface area contributed by atoms with Crippen molar-refractivity contribution in [1.82, 2.24) is 16.0 Å². The van der Waals surface area contributed by atoms with Crippen LogP contribution in [0.15, 0.2) is 24.3 Å². The summed E-state index contributed by atoms with van der Waals surface area (Å²) in [5.41, 5.74) is 12.3. The molecule has 0 unspecified atom stereocenters. The van der Waals surface area contributed by atoms with Crippen molar-refractivity contribution in [2.45, 2.75) is 50.6 Å². The van der Waals surface area contributed by atoms with Gasteiger partial charge < -0.3 is 37.8 Å². The van der Waals surface area contributed by atoms with Crippen LogP contribution in [0, 0.1) is 0 Å². The Bertz CT molecular complexity index is 771. The first-order valence-corrected chi connectivity index (χ1v) is 11.1. The molecule has 0 aliphatic heterocycles. The Hall–Kier alpha value is -3.18. The number of aliphatic carboxylic acids is 1. The molecular weight excluding hydrogens is 428 g/mol. The monoisotopic (exact) mass is 464 g/mol. The van der Waals surface area contributed by atoms with Gasteiger partial charge in [0, 0.05) is 37.3 Å². The number of likely N-dealkylation sites (N-methyl/N-ethyl adjacent to an activating group) is 1. The number of hydrogen-bond donors (Lipinski definition) is 7. The van der Waals surface area contributed by atoms with Gasteiger partial charge in [-0.05, 0) is 63.4 Å². The summed E-state index contributed by atoms with van der Waals surface area (Å²) in [4.78, 5) is 46.9. The van der Waals surface area contributed by atoms with Crippen LogP contribution in [0.5, 0.6) is 0 Å². The average Bonchev–Trinajstić information content (AvgIpc) is 2.79. The number of carbonyl (C=O) groups excluding carboxylic acids is 3. The summed E-state index contributed by atoms with van der Waals surface area (Å²) in [5.74, 6) is -2.15. The van der Waals surface area contributed by atoms with Gasteiger partial charge in [0.2, 0.25) is 11.8 Å². The van der Waals surface area contributed by atoms with Gasteiger partial charge in [0.05, 0.1) is 0 Å². The summed E-state index contributed by atoms with van der Waals surface area (Å²) >= 11 is 0. The first-order chi connectivity index (χ1) is 15.8. The average molecular weight is 465 g/mol. The number of unbranched alkanes of at least 4 members (excludes halogenated alkanes) is 1. The zero-order chi connectivity index (χ0) is 24.6. The van der Waals surface area contributed by atoms with E-state index in [0.29, 0.717) is 57.3 Å². The van der Waals surface area contributed by atoms with Crippen molar-refractivity contribution < 1.29 is 24.3 Å². The smallest absolute Gasteiger partial charge is 0.320 e. The van der Waals surface area contributed by atoms with Gasteiger partial charge in [-0.15, -0.1) is 0 Å². The second-order valence-corrected chi connectivity index (χ2v) is 7.64. The van der Waals surface area contributed by atoms with Crippen molar-refractivity contribution in [2.75, 3.05) is 32.0 Å². The number of hydrogen-bond acceptors (Lipinski definition) is 7. The van der Waals surface area contributed by atoms with Crippen LogP contribution in [-0.4, -0.2) is 67.6 Å². The van der Waals surface area contributed by atoms with Gasteiger partial charge in [-0.1, -0.05) is 0 Å². The van der Waals surface area contributed by atoms with Crippen LogP contribution >= 0.6 is 0 Å². The Morgan fingerprint density at radius 1 is 0.970 bits per heavy atom. The van der Waals surface area contributed by atoms with Crippen LogP contribution < -0.4 is 32.7 Å². The van der Waals surface area contributed by atoms with E-state index in [0.717, 1.165) is 5.69 Å². The van der Waals surface area contributed by atoms with Crippen LogP contribution in [0.25, 0.3) is 0 Å². The minimum absolute atomic E-state index is 0.103. The lowest BCUT2D eigenvalue weighted by Crippen LogP contribution is -2.44. The third-order valence-electron chi connectivity index (χ3n) is 5.05.